The van der Waals surface area contributed by atoms with Gasteiger partial charge in [0.15, 0.2) is 0 Å². The summed E-state index contributed by atoms with van der Waals surface area (Å²) < 4.78 is 18.6. The molecule has 0 aliphatic rings. The van der Waals surface area contributed by atoms with E-state index in [9.17, 15) is 9.18 Å². The maximum atomic E-state index is 13.3. The molecule has 0 saturated carbocycles. The van der Waals surface area contributed by atoms with Gasteiger partial charge in [-0.15, -0.1) is 0 Å². The summed E-state index contributed by atoms with van der Waals surface area (Å²) in [5, 5.41) is 6.20. The van der Waals surface area contributed by atoms with Crippen molar-refractivity contribution < 1.29 is 13.9 Å². The van der Waals surface area contributed by atoms with Gasteiger partial charge in [0.1, 0.15) is 28.9 Å². The van der Waals surface area contributed by atoms with E-state index in [1.54, 1.807) is 31.2 Å². The number of hydrogen-bond acceptors (Lipinski definition) is 5. The molecule has 3 rings (SSSR count). The molecule has 1 amide bonds. The number of hydrogen-bond donors (Lipinski definition) is 2. The number of ether oxygens (including phenoxy) is 1. The highest BCUT2D eigenvalue weighted by atomic mass is 35.5. The van der Waals surface area contributed by atoms with Gasteiger partial charge < -0.3 is 15.4 Å². The Hall–Kier alpha value is -3.19. The quantitative estimate of drug-likeness (QED) is 0.671. The number of carbonyl (C=O) groups excluding carboxylic acids is 1. The van der Waals surface area contributed by atoms with Crippen LogP contribution in [0.15, 0.2) is 48.5 Å². The normalized spacial score (nSPS) is 10.4. The van der Waals surface area contributed by atoms with Crippen LogP contribution in [0.4, 0.5) is 21.6 Å². The lowest BCUT2D eigenvalue weighted by Gasteiger charge is -2.12. The Balaban J connectivity index is 1.86. The number of aryl methyl sites for hydroxylation is 1. The summed E-state index contributed by atoms with van der Waals surface area (Å²) in [5.74, 6) is 0.438. The molecule has 0 aliphatic heterocycles. The Morgan fingerprint density at radius 1 is 1.15 bits per heavy atom. The molecule has 138 valence electrons. The summed E-state index contributed by atoms with van der Waals surface area (Å²) in [5.41, 5.74) is 1.07. The van der Waals surface area contributed by atoms with Crippen molar-refractivity contribution in [3.63, 3.8) is 0 Å². The van der Waals surface area contributed by atoms with Crippen molar-refractivity contribution in [1.29, 1.82) is 0 Å². The molecule has 0 saturated heterocycles. The van der Waals surface area contributed by atoms with Crippen LogP contribution in [0.2, 0.25) is 5.02 Å². The minimum atomic E-state index is -0.479. The molecule has 1 aromatic heterocycles. The Morgan fingerprint density at radius 3 is 2.70 bits per heavy atom. The van der Waals surface area contributed by atoms with E-state index in [4.69, 9.17) is 16.3 Å². The number of aromatic nitrogens is 2. The molecular weight excluding hydrogens is 371 g/mol. The standard InChI is InChI=1S/C19H16ClFN4O2/c1-11-22-16(19(26)24-14-5-3-4-13(21)9-14)10-18(23-11)25-15-8-12(20)6-7-17(15)27-2/h3-10H,1-2H3,(H,24,26)(H,22,23,25). The van der Waals surface area contributed by atoms with E-state index in [0.29, 0.717) is 33.8 Å². The predicted octanol–water partition coefficient (Wildman–Crippen LogP) is 4.58. The van der Waals surface area contributed by atoms with Crippen molar-refractivity contribution in [1.82, 2.24) is 9.97 Å². The van der Waals surface area contributed by atoms with Gasteiger partial charge in [-0.1, -0.05) is 17.7 Å². The maximum Gasteiger partial charge on any atom is 0.274 e. The molecule has 3 aromatic rings. The first-order valence-corrected chi connectivity index (χ1v) is 8.35. The fourth-order valence-electron chi connectivity index (χ4n) is 2.43. The van der Waals surface area contributed by atoms with Crippen molar-refractivity contribution in [3.8, 4) is 5.75 Å². The van der Waals surface area contributed by atoms with E-state index in [1.165, 1.54) is 31.4 Å². The van der Waals surface area contributed by atoms with E-state index in [-0.39, 0.29) is 5.69 Å². The van der Waals surface area contributed by atoms with Crippen molar-refractivity contribution in [2.24, 2.45) is 0 Å². The van der Waals surface area contributed by atoms with Gasteiger partial charge >= 0.3 is 0 Å². The van der Waals surface area contributed by atoms with Crippen LogP contribution in [0.25, 0.3) is 0 Å². The summed E-state index contributed by atoms with van der Waals surface area (Å²) in [6.45, 7) is 1.67. The number of amides is 1. The van der Waals surface area contributed by atoms with Gasteiger partial charge in [0.25, 0.3) is 5.91 Å². The fourth-order valence-corrected chi connectivity index (χ4v) is 2.60. The number of rotatable bonds is 5. The molecule has 0 unspecified atom stereocenters. The highest BCUT2D eigenvalue weighted by molar-refractivity contribution is 6.31. The van der Waals surface area contributed by atoms with Crippen LogP contribution in [-0.2, 0) is 0 Å². The van der Waals surface area contributed by atoms with E-state index in [1.807, 2.05) is 0 Å². The van der Waals surface area contributed by atoms with Crippen molar-refractivity contribution in [2.45, 2.75) is 6.92 Å². The molecule has 0 spiro atoms. The Labute approximate surface area is 160 Å². The highest BCUT2D eigenvalue weighted by Crippen LogP contribution is 2.30. The van der Waals surface area contributed by atoms with Gasteiger partial charge in [-0.25, -0.2) is 14.4 Å². The van der Waals surface area contributed by atoms with Gasteiger partial charge in [-0.3, -0.25) is 4.79 Å². The Bertz CT molecular complexity index is 997. The first-order valence-electron chi connectivity index (χ1n) is 7.98. The van der Waals surface area contributed by atoms with Crippen LogP contribution in [0.1, 0.15) is 16.3 Å². The third-order valence-electron chi connectivity index (χ3n) is 3.58. The van der Waals surface area contributed by atoms with Gasteiger partial charge in [-0.2, -0.15) is 0 Å². The second-order valence-corrected chi connectivity index (χ2v) is 6.06. The van der Waals surface area contributed by atoms with Crippen LogP contribution in [-0.4, -0.2) is 23.0 Å². The lowest BCUT2D eigenvalue weighted by atomic mass is 10.2. The Kier molecular flexibility index (Phi) is 5.52. The van der Waals surface area contributed by atoms with Gasteiger partial charge in [0, 0.05) is 16.8 Å². The van der Waals surface area contributed by atoms with Gasteiger partial charge in [-0.05, 0) is 43.3 Å². The zero-order valence-electron chi connectivity index (χ0n) is 14.6. The van der Waals surface area contributed by atoms with Crippen LogP contribution >= 0.6 is 11.6 Å². The van der Waals surface area contributed by atoms with E-state index in [0.717, 1.165) is 0 Å². The number of anilines is 3. The van der Waals surface area contributed by atoms with Crippen LogP contribution in [0, 0.1) is 12.7 Å². The van der Waals surface area contributed by atoms with E-state index in [2.05, 4.69) is 20.6 Å². The predicted molar refractivity (Wildman–Crippen MR) is 102 cm³/mol. The smallest absolute Gasteiger partial charge is 0.274 e. The van der Waals surface area contributed by atoms with E-state index >= 15 is 0 Å². The zero-order chi connectivity index (χ0) is 19.4. The maximum absolute atomic E-state index is 13.3. The van der Waals surface area contributed by atoms with Crippen molar-refractivity contribution in [3.05, 3.63) is 70.9 Å². The van der Waals surface area contributed by atoms with Crippen molar-refractivity contribution >= 4 is 34.7 Å². The number of nitrogens with one attached hydrogen (secondary N) is 2. The summed E-state index contributed by atoms with van der Waals surface area (Å²) >= 11 is 6.03. The molecular formula is C19H16ClFN4O2. The van der Waals surface area contributed by atoms with Crippen LogP contribution in [0.5, 0.6) is 5.75 Å². The van der Waals surface area contributed by atoms with Crippen LogP contribution < -0.4 is 15.4 Å². The molecule has 1 heterocycles. The number of nitrogens with zero attached hydrogens (tertiary/aromatic N) is 2. The summed E-state index contributed by atoms with van der Waals surface area (Å²) in [6, 6.07) is 12.2. The number of halogens is 2. The first kappa shape index (κ1) is 18.6. The largest absolute Gasteiger partial charge is 0.495 e. The average molecular weight is 387 g/mol. The monoisotopic (exact) mass is 386 g/mol. The van der Waals surface area contributed by atoms with Crippen molar-refractivity contribution in [2.75, 3.05) is 17.7 Å². The molecule has 2 N–H and O–H groups in total. The molecule has 6 nitrogen and oxygen atoms in total. The minimum absolute atomic E-state index is 0.134. The molecule has 27 heavy (non-hydrogen) atoms. The molecule has 8 heteroatoms. The third kappa shape index (κ3) is 4.71. The second kappa shape index (κ2) is 8.01. The number of methoxy groups -OCH3 is 1. The molecule has 0 fully saturated rings. The molecule has 0 radical (unpaired) electrons. The molecule has 2 aromatic carbocycles. The van der Waals surface area contributed by atoms with Crippen LogP contribution in [0.3, 0.4) is 0 Å². The lowest BCUT2D eigenvalue weighted by Crippen LogP contribution is -2.15. The topological polar surface area (TPSA) is 76.1 Å². The summed E-state index contributed by atoms with van der Waals surface area (Å²) in [6.07, 6.45) is 0. The van der Waals surface area contributed by atoms with Gasteiger partial charge in [0.05, 0.1) is 12.8 Å². The molecule has 0 aliphatic carbocycles. The molecule has 0 atom stereocenters. The average Bonchev–Trinajstić information content (AvgIpc) is 2.61. The molecule has 0 bridgehead atoms. The first-order chi connectivity index (χ1) is 12.9. The highest BCUT2D eigenvalue weighted by Gasteiger charge is 2.13. The third-order valence-corrected chi connectivity index (χ3v) is 3.81. The Morgan fingerprint density at radius 2 is 1.96 bits per heavy atom. The number of benzene rings is 2. The summed E-state index contributed by atoms with van der Waals surface area (Å²) in [4.78, 5) is 20.9. The minimum Gasteiger partial charge on any atom is -0.495 e. The van der Waals surface area contributed by atoms with E-state index < -0.39 is 11.7 Å². The second-order valence-electron chi connectivity index (χ2n) is 5.62. The number of carbonyl (C=O) groups is 1. The summed E-state index contributed by atoms with van der Waals surface area (Å²) in [7, 11) is 1.54. The lowest BCUT2D eigenvalue weighted by molar-refractivity contribution is 0.102. The zero-order valence-corrected chi connectivity index (χ0v) is 15.3. The fraction of sp³-hybridized carbons (Fsp3) is 0.105. The van der Waals surface area contributed by atoms with Gasteiger partial charge in [0.2, 0.25) is 0 Å². The SMILES string of the molecule is COc1ccc(Cl)cc1Nc1cc(C(=O)Nc2cccc(F)c2)nc(C)n1.